The van der Waals surface area contributed by atoms with Crippen molar-refractivity contribution in [3.8, 4) is 0 Å². The topological polar surface area (TPSA) is 37.1 Å². The Bertz CT molecular complexity index is 530. The minimum atomic E-state index is 0.172. The molecule has 3 nitrogen and oxygen atoms in total. The first-order valence-corrected chi connectivity index (χ1v) is 7.30. The Labute approximate surface area is 121 Å². The Kier molecular flexibility index (Phi) is 4.26. The molecule has 1 heterocycles. The zero-order chi connectivity index (χ0) is 14.9. The van der Waals surface area contributed by atoms with E-state index in [1.807, 2.05) is 32.6 Å². The van der Waals surface area contributed by atoms with Crippen molar-refractivity contribution in [1.82, 2.24) is 4.90 Å². The van der Waals surface area contributed by atoms with Gasteiger partial charge in [0, 0.05) is 31.5 Å². The van der Waals surface area contributed by atoms with Crippen LogP contribution < -0.4 is 0 Å². The number of hydrogen-bond acceptors (Lipinski definition) is 2. The van der Waals surface area contributed by atoms with E-state index in [0.717, 1.165) is 40.9 Å². The molecule has 1 aliphatic rings. The van der Waals surface area contributed by atoms with Gasteiger partial charge in [0.05, 0.1) is 0 Å². The average molecular weight is 273 g/mol. The molecule has 0 aliphatic carbocycles. The van der Waals surface area contributed by atoms with E-state index in [1.165, 1.54) is 0 Å². The Morgan fingerprint density at radius 1 is 1.00 bits per heavy atom. The van der Waals surface area contributed by atoms with Gasteiger partial charge < -0.3 is 4.90 Å². The normalized spacial score (nSPS) is 13.5. The van der Waals surface area contributed by atoms with Crippen LogP contribution in [-0.2, 0) is 4.79 Å². The Morgan fingerprint density at radius 2 is 1.55 bits per heavy atom. The van der Waals surface area contributed by atoms with Crippen molar-refractivity contribution >= 4 is 11.7 Å². The molecule has 1 fully saturated rings. The highest BCUT2D eigenvalue weighted by molar-refractivity contribution is 5.99. The minimum absolute atomic E-state index is 0.172. The number of carbonyl (C=O) groups is 2. The van der Waals surface area contributed by atoms with Crippen LogP contribution in [0, 0.1) is 27.7 Å². The van der Waals surface area contributed by atoms with Gasteiger partial charge in [0.1, 0.15) is 0 Å². The van der Waals surface area contributed by atoms with Crippen molar-refractivity contribution < 1.29 is 9.59 Å². The molecule has 0 radical (unpaired) electrons. The van der Waals surface area contributed by atoms with Gasteiger partial charge in [0.25, 0.3) is 0 Å². The van der Waals surface area contributed by atoms with Crippen LogP contribution in [0.3, 0.4) is 0 Å². The van der Waals surface area contributed by atoms with Crippen LogP contribution in [-0.4, -0.2) is 29.7 Å². The predicted octanol–water partition coefficient (Wildman–Crippen LogP) is 3.12. The molecule has 3 heteroatoms. The third-order valence-corrected chi connectivity index (χ3v) is 4.24. The fraction of sp³-hybridized carbons (Fsp3) is 0.529. The first kappa shape index (κ1) is 14.8. The van der Waals surface area contributed by atoms with Gasteiger partial charge in [-0.2, -0.15) is 0 Å². The molecular weight excluding hydrogens is 250 g/mol. The van der Waals surface area contributed by atoms with Gasteiger partial charge >= 0.3 is 0 Å². The second kappa shape index (κ2) is 5.78. The monoisotopic (exact) mass is 273 g/mol. The highest BCUT2D eigenvalue weighted by atomic mass is 16.2. The number of rotatable bonds is 5. The molecule has 1 aromatic rings. The van der Waals surface area contributed by atoms with Crippen molar-refractivity contribution in [2.45, 2.75) is 47.0 Å². The molecule has 2 rings (SSSR count). The summed E-state index contributed by atoms with van der Waals surface area (Å²) in [5.74, 6) is 0.358. The second-order valence-corrected chi connectivity index (χ2v) is 5.79. The molecule has 0 atom stereocenters. The van der Waals surface area contributed by atoms with E-state index in [9.17, 15) is 9.59 Å². The molecular formula is C17H23NO2. The number of ketones is 1. The van der Waals surface area contributed by atoms with E-state index >= 15 is 0 Å². The molecule has 1 aliphatic heterocycles. The second-order valence-electron chi connectivity index (χ2n) is 5.79. The molecule has 1 aromatic carbocycles. The highest BCUT2D eigenvalue weighted by Gasteiger charge is 2.23. The summed E-state index contributed by atoms with van der Waals surface area (Å²) >= 11 is 0. The van der Waals surface area contributed by atoms with E-state index in [-0.39, 0.29) is 11.7 Å². The molecule has 20 heavy (non-hydrogen) atoms. The van der Waals surface area contributed by atoms with Crippen molar-refractivity contribution in [3.05, 3.63) is 33.9 Å². The van der Waals surface area contributed by atoms with Gasteiger partial charge in [-0.3, -0.25) is 9.59 Å². The summed E-state index contributed by atoms with van der Waals surface area (Å²) in [5.41, 5.74) is 5.35. The first-order valence-electron chi connectivity index (χ1n) is 7.30. The third kappa shape index (κ3) is 3.09. The fourth-order valence-corrected chi connectivity index (χ4v) is 2.62. The minimum Gasteiger partial charge on any atom is -0.339 e. The molecule has 0 saturated carbocycles. The summed E-state index contributed by atoms with van der Waals surface area (Å²) in [7, 11) is 0. The number of Topliss-reactive ketones (excluding diaryl/α,β-unsaturated/α-hetero) is 1. The van der Waals surface area contributed by atoms with E-state index in [1.54, 1.807) is 0 Å². The Balaban J connectivity index is 2.03. The molecule has 1 amide bonds. The van der Waals surface area contributed by atoms with Gasteiger partial charge in [-0.1, -0.05) is 6.07 Å². The van der Waals surface area contributed by atoms with Crippen LogP contribution in [0.2, 0.25) is 0 Å². The van der Waals surface area contributed by atoms with Gasteiger partial charge in [-0.05, 0) is 56.4 Å². The van der Waals surface area contributed by atoms with Crippen molar-refractivity contribution in [3.63, 3.8) is 0 Å². The SMILES string of the molecule is Cc1cc(C)c(C)c(C(=O)CCCC(=O)N2CC2)c1C. The van der Waals surface area contributed by atoms with E-state index < -0.39 is 0 Å². The first-order chi connectivity index (χ1) is 9.41. The standard InChI is InChI=1S/C17H23NO2/c1-11-10-12(2)14(4)17(13(11)3)15(19)6-5-7-16(20)18-8-9-18/h10H,5-9H2,1-4H3. The zero-order valence-electron chi connectivity index (χ0n) is 12.9. The van der Waals surface area contributed by atoms with Crippen molar-refractivity contribution in [1.29, 1.82) is 0 Å². The smallest absolute Gasteiger partial charge is 0.222 e. The maximum Gasteiger partial charge on any atom is 0.222 e. The molecule has 0 aromatic heterocycles. The summed E-state index contributed by atoms with van der Waals surface area (Å²) in [6, 6.07) is 2.13. The maximum absolute atomic E-state index is 12.4. The summed E-state index contributed by atoms with van der Waals surface area (Å²) in [4.78, 5) is 25.8. The lowest BCUT2D eigenvalue weighted by Gasteiger charge is -2.14. The summed E-state index contributed by atoms with van der Waals surface area (Å²) < 4.78 is 0. The lowest BCUT2D eigenvalue weighted by atomic mass is 9.90. The van der Waals surface area contributed by atoms with Gasteiger partial charge in [-0.15, -0.1) is 0 Å². The van der Waals surface area contributed by atoms with Gasteiger partial charge in [0.2, 0.25) is 5.91 Å². The van der Waals surface area contributed by atoms with Crippen molar-refractivity contribution in [2.24, 2.45) is 0 Å². The number of benzene rings is 1. The lowest BCUT2D eigenvalue weighted by Crippen LogP contribution is -2.12. The molecule has 1 saturated heterocycles. The van der Waals surface area contributed by atoms with Gasteiger partial charge in [-0.25, -0.2) is 0 Å². The predicted molar refractivity (Wildman–Crippen MR) is 80.2 cm³/mol. The molecule has 0 unspecified atom stereocenters. The van der Waals surface area contributed by atoms with Crippen LogP contribution >= 0.6 is 0 Å². The van der Waals surface area contributed by atoms with Crippen LogP contribution in [0.1, 0.15) is 51.9 Å². The Hall–Kier alpha value is -1.64. The average Bonchev–Trinajstić information content (AvgIpc) is 3.21. The number of amides is 1. The molecule has 0 N–H and O–H groups in total. The van der Waals surface area contributed by atoms with Crippen LogP contribution in [0.15, 0.2) is 6.07 Å². The number of nitrogens with zero attached hydrogens (tertiary/aromatic N) is 1. The highest BCUT2D eigenvalue weighted by Crippen LogP contribution is 2.23. The summed E-state index contributed by atoms with van der Waals surface area (Å²) in [5, 5.41) is 0. The van der Waals surface area contributed by atoms with Crippen molar-refractivity contribution in [2.75, 3.05) is 13.1 Å². The van der Waals surface area contributed by atoms with E-state index in [2.05, 4.69) is 6.07 Å². The number of aryl methyl sites for hydroxylation is 2. The van der Waals surface area contributed by atoms with E-state index in [4.69, 9.17) is 0 Å². The summed E-state index contributed by atoms with van der Waals surface area (Å²) in [6.45, 7) is 9.89. The number of carbonyl (C=O) groups excluding carboxylic acids is 2. The van der Waals surface area contributed by atoms with Gasteiger partial charge in [0.15, 0.2) is 5.78 Å². The summed E-state index contributed by atoms with van der Waals surface area (Å²) in [6.07, 6.45) is 1.61. The molecule has 108 valence electrons. The zero-order valence-corrected chi connectivity index (χ0v) is 12.9. The quantitative estimate of drug-likeness (QED) is 0.610. The maximum atomic E-state index is 12.4. The van der Waals surface area contributed by atoms with Crippen LogP contribution in [0.25, 0.3) is 0 Å². The van der Waals surface area contributed by atoms with Crippen LogP contribution in [0.5, 0.6) is 0 Å². The largest absolute Gasteiger partial charge is 0.339 e. The van der Waals surface area contributed by atoms with E-state index in [0.29, 0.717) is 19.3 Å². The number of hydrogen-bond donors (Lipinski definition) is 0. The molecule has 0 bridgehead atoms. The van der Waals surface area contributed by atoms with Crippen LogP contribution in [0.4, 0.5) is 0 Å². The lowest BCUT2D eigenvalue weighted by molar-refractivity contribution is -0.125. The molecule has 0 spiro atoms. The fourth-order valence-electron chi connectivity index (χ4n) is 2.62. The third-order valence-electron chi connectivity index (χ3n) is 4.24. The Morgan fingerprint density at radius 3 is 2.05 bits per heavy atom.